The Hall–Kier alpha value is -2.82. The quantitative estimate of drug-likeness (QED) is 0.222. The largest absolute Gasteiger partial charge is 0.462 e. The van der Waals surface area contributed by atoms with E-state index in [9.17, 15) is 14.5 Å². The van der Waals surface area contributed by atoms with Crippen LogP contribution in [0.2, 0.25) is 0 Å². The van der Waals surface area contributed by atoms with Crippen molar-refractivity contribution < 1.29 is 32.9 Å². The summed E-state index contributed by atoms with van der Waals surface area (Å²) >= 11 is 0. The topological polar surface area (TPSA) is 167 Å². The predicted molar refractivity (Wildman–Crippen MR) is 133 cm³/mol. The highest BCUT2D eigenvalue weighted by Gasteiger charge is 2.58. The zero-order valence-corrected chi connectivity index (χ0v) is 21.9. The molecular formula is C22H31FN7O6P. The number of terminal acetylenes is 1. The zero-order chi connectivity index (χ0) is 27.1. The second-order valence-corrected chi connectivity index (χ2v) is 10.6. The van der Waals surface area contributed by atoms with Gasteiger partial charge in [-0.15, -0.1) is 6.42 Å². The number of aromatic nitrogens is 4. The lowest BCUT2D eigenvalue weighted by atomic mass is 9.97. The number of carbonyl (C=O) groups excluding carboxylic acids is 1. The summed E-state index contributed by atoms with van der Waals surface area (Å²) in [6.07, 6.45) is 3.80. The van der Waals surface area contributed by atoms with Crippen LogP contribution in [0.15, 0.2) is 6.33 Å². The van der Waals surface area contributed by atoms with Gasteiger partial charge in [0.05, 0.1) is 19.0 Å². The summed E-state index contributed by atoms with van der Waals surface area (Å²) in [4.78, 5) is 26.7. The van der Waals surface area contributed by atoms with Crippen LogP contribution in [0.5, 0.6) is 0 Å². The number of aliphatic hydroxyl groups excluding tert-OH is 1. The fourth-order valence-corrected chi connectivity index (χ4v) is 4.92. The highest BCUT2D eigenvalue weighted by Crippen LogP contribution is 2.44. The molecule has 0 aromatic carbocycles. The Balaban J connectivity index is 1.51. The molecule has 4 N–H and O–H groups in total. The summed E-state index contributed by atoms with van der Waals surface area (Å²) in [6, 6.07) is -0.612. The number of nitrogens with two attached hydrogens (primary N) is 1. The number of alkyl halides is 1. The van der Waals surface area contributed by atoms with Crippen LogP contribution in [0.25, 0.3) is 11.2 Å². The number of hydrogen-bond acceptors (Lipinski definition) is 11. The number of aliphatic hydroxyl groups is 1. The molecule has 6 atom stereocenters. The van der Waals surface area contributed by atoms with Crippen molar-refractivity contribution in [2.75, 3.05) is 24.3 Å². The van der Waals surface area contributed by atoms with E-state index in [0.717, 1.165) is 12.8 Å². The van der Waals surface area contributed by atoms with E-state index in [1.54, 1.807) is 13.8 Å². The Kier molecular flexibility index (Phi) is 7.73. The highest BCUT2D eigenvalue weighted by atomic mass is 31.1. The molecule has 4 rings (SSSR count). The lowest BCUT2D eigenvalue weighted by Crippen LogP contribution is -2.42. The maximum absolute atomic E-state index is 16.0. The smallest absolute Gasteiger partial charge is 0.323 e. The minimum atomic E-state index is -2.98. The van der Waals surface area contributed by atoms with Gasteiger partial charge in [0, 0.05) is 13.1 Å². The normalized spacial score (nSPS) is 27.2. The fraction of sp³-hybridized carbons (Fsp3) is 0.636. The molecule has 2 aromatic rings. The van der Waals surface area contributed by atoms with Gasteiger partial charge in [-0.3, -0.25) is 13.9 Å². The second kappa shape index (κ2) is 10.5. The molecule has 202 valence electrons. The average molecular weight is 540 g/mol. The third-order valence-corrected chi connectivity index (χ3v) is 7.28. The van der Waals surface area contributed by atoms with Gasteiger partial charge in [0.2, 0.25) is 11.6 Å². The molecular weight excluding hydrogens is 508 g/mol. The lowest BCUT2D eigenvalue weighted by Gasteiger charge is -2.24. The molecule has 0 amide bonds. The average Bonchev–Trinajstić information content (AvgIpc) is 3.57. The van der Waals surface area contributed by atoms with Crippen LogP contribution < -0.4 is 15.7 Å². The van der Waals surface area contributed by atoms with E-state index in [4.69, 9.17) is 26.2 Å². The molecule has 1 aliphatic carbocycles. The molecule has 13 nitrogen and oxygen atoms in total. The van der Waals surface area contributed by atoms with E-state index in [1.165, 1.54) is 17.8 Å². The van der Waals surface area contributed by atoms with Crippen molar-refractivity contribution in [3.8, 4) is 12.3 Å². The van der Waals surface area contributed by atoms with E-state index in [-0.39, 0.29) is 17.7 Å². The van der Waals surface area contributed by atoms with Crippen LogP contribution in [0.4, 0.5) is 16.2 Å². The molecule has 0 radical (unpaired) electrons. The molecule has 2 aromatic heterocycles. The van der Waals surface area contributed by atoms with Crippen LogP contribution in [-0.4, -0.2) is 80.3 Å². The van der Waals surface area contributed by atoms with Crippen LogP contribution in [0.1, 0.15) is 39.8 Å². The monoisotopic (exact) mass is 539 g/mol. The maximum atomic E-state index is 16.0. The minimum absolute atomic E-state index is 0.0462. The fourth-order valence-electron chi connectivity index (χ4n) is 4.05. The van der Waals surface area contributed by atoms with E-state index in [1.807, 2.05) is 17.9 Å². The molecule has 2 aliphatic rings. The molecule has 0 spiro atoms. The summed E-state index contributed by atoms with van der Waals surface area (Å²) in [6.45, 7) is 4.36. The van der Waals surface area contributed by atoms with Crippen molar-refractivity contribution in [2.45, 2.75) is 75.9 Å². The first-order chi connectivity index (χ1) is 17.5. The van der Waals surface area contributed by atoms with Gasteiger partial charge in [0.1, 0.15) is 18.2 Å². The van der Waals surface area contributed by atoms with Crippen molar-refractivity contribution in [2.24, 2.45) is 0 Å². The lowest BCUT2D eigenvalue weighted by molar-refractivity contribution is -0.149. The second-order valence-electron chi connectivity index (χ2n) is 9.41. The Morgan fingerprint density at radius 2 is 2.19 bits per heavy atom. The first-order valence-electron chi connectivity index (χ1n) is 11.8. The highest BCUT2D eigenvalue weighted by molar-refractivity contribution is 7.36. The standard InChI is InChI=1S/C22H31FN7O6P/c1-6-22(23)16(31)14(9-34-37(33)28-12(4)19(32)35-11(2)3)36-20(22)30-10-25-15-17(29(5)13-7-8-13)26-21(24)27-18(15)30/h1,10-14,16,20,31,37H,7-9H2,2-5H3,(H,28,33)(H2,24,26,27)/t12-,14?,16+,20+,22+/m0/s1. The number of imidazole rings is 1. The van der Waals surface area contributed by atoms with E-state index in [2.05, 4.69) is 20.0 Å². The summed E-state index contributed by atoms with van der Waals surface area (Å²) in [5.74, 6) is 1.81. The predicted octanol–water partition coefficient (Wildman–Crippen LogP) is 0.943. The first-order valence-corrected chi connectivity index (χ1v) is 13.1. The van der Waals surface area contributed by atoms with Gasteiger partial charge in [-0.25, -0.2) is 14.5 Å². The van der Waals surface area contributed by atoms with Gasteiger partial charge in [-0.05, 0) is 33.6 Å². The molecule has 15 heteroatoms. The Morgan fingerprint density at radius 3 is 2.81 bits per heavy atom. The number of carbonyl (C=O) groups is 1. The van der Waals surface area contributed by atoms with E-state index < -0.39 is 50.9 Å². The number of nitrogens with one attached hydrogen (secondary N) is 1. The Morgan fingerprint density at radius 1 is 1.49 bits per heavy atom. The molecule has 1 saturated carbocycles. The Bertz CT molecular complexity index is 1230. The molecule has 2 fully saturated rings. The number of anilines is 2. The number of nitrogen functional groups attached to an aromatic ring is 1. The van der Waals surface area contributed by atoms with Gasteiger partial charge < -0.3 is 29.7 Å². The number of fused-ring (bicyclic) bond motifs is 1. The number of nitrogens with zero attached hydrogens (tertiary/aromatic N) is 5. The van der Waals surface area contributed by atoms with Crippen molar-refractivity contribution in [3.63, 3.8) is 0 Å². The third kappa shape index (κ3) is 5.42. The van der Waals surface area contributed by atoms with E-state index in [0.29, 0.717) is 17.4 Å². The van der Waals surface area contributed by atoms with Crippen LogP contribution in [-0.2, 0) is 23.4 Å². The number of halogens is 1. The first kappa shape index (κ1) is 27.2. The number of esters is 1. The van der Waals surface area contributed by atoms with E-state index >= 15 is 4.39 Å². The van der Waals surface area contributed by atoms with Crippen molar-refractivity contribution >= 4 is 37.1 Å². The van der Waals surface area contributed by atoms with Crippen LogP contribution >= 0.6 is 8.18 Å². The van der Waals surface area contributed by atoms with Crippen molar-refractivity contribution in [1.82, 2.24) is 24.6 Å². The number of ether oxygens (including phenoxy) is 2. The van der Waals surface area contributed by atoms with Crippen molar-refractivity contribution in [1.29, 1.82) is 0 Å². The zero-order valence-electron chi connectivity index (χ0n) is 20.9. The maximum Gasteiger partial charge on any atom is 0.323 e. The number of rotatable bonds is 10. The molecule has 37 heavy (non-hydrogen) atoms. The number of hydrogen-bond donors (Lipinski definition) is 3. The summed E-state index contributed by atoms with van der Waals surface area (Å²) < 4.78 is 45.6. The summed E-state index contributed by atoms with van der Waals surface area (Å²) in [5, 5.41) is 13.2. The Labute approximate surface area is 213 Å². The van der Waals surface area contributed by atoms with Gasteiger partial charge in [-0.2, -0.15) is 9.97 Å². The van der Waals surface area contributed by atoms with Crippen LogP contribution in [0, 0.1) is 12.3 Å². The van der Waals surface area contributed by atoms with Crippen LogP contribution in [0.3, 0.4) is 0 Å². The molecule has 0 bridgehead atoms. The molecule has 3 heterocycles. The molecule has 2 unspecified atom stereocenters. The SMILES string of the molecule is C#C[C@@]1(F)[C@H](O)C(CO[PH](=O)N[C@@H](C)C(=O)OC(C)C)O[C@H]1n1cnc2c(N(C)C3CC3)nc(N)nc21. The summed E-state index contributed by atoms with van der Waals surface area (Å²) in [7, 11) is -1.11. The third-order valence-electron chi connectivity index (χ3n) is 6.19. The summed E-state index contributed by atoms with van der Waals surface area (Å²) in [5.41, 5.74) is 3.79. The molecule has 1 aliphatic heterocycles. The van der Waals surface area contributed by atoms with Gasteiger partial charge in [0.25, 0.3) is 8.18 Å². The van der Waals surface area contributed by atoms with Gasteiger partial charge in [-0.1, -0.05) is 5.92 Å². The van der Waals surface area contributed by atoms with Crippen molar-refractivity contribution in [3.05, 3.63) is 6.33 Å². The van der Waals surface area contributed by atoms with Gasteiger partial charge >= 0.3 is 5.97 Å². The van der Waals surface area contributed by atoms with Gasteiger partial charge in [0.15, 0.2) is 23.2 Å². The minimum Gasteiger partial charge on any atom is -0.462 e. The molecule has 1 saturated heterocycles.